The highest BCUT2D eigenvalue weighted by Gasteiger charge is 2.47. The number of ether oxygens (including phenoxy) is 4. The molecule has 1 aliphatic heterocycles. The normalized spacial score (nSPS) is 16.4. The van der Waals surface area contributed by atoms with Crippen LogP contribution in [0.15, 0.2) is 60.2 Å². The first-order valence-electron chi connectivity index (χ1n) is 13.1. The zero-order valence-corrected chi connectivity index (χ0v) is 23.9. The lowest BCUT2D eigenvalue weighted by Gasteiger charge is -2.26. The van der Waals surface area contributed by atoms with E-state index in [1.165, 1.54) is 19.1 Å². The van der Waals surface area contributed by atoms with E-state index in [1.807, 2.05) is 39.8 Å². The number of Topliss-reactive ketones (excluding diaryl/α,β-unsaturated/α-hetero) is 1. The van der Waals surface area contributed by atoms with E-state index in [4.69, 9.17) is 18.9 Å². The predicted molar refractivity (Wildman–Crippen MR) is 154 cm³/mol. The number of hydrogen-bond acceptors (Lipinski definition) is 7. The molecular weight excluding hydrogens is 510 g/mol. The van der Waals surface area contributed by atoms with Gasteiger partial charge < -0.3 is 24.1 Å². The van der Waals surface area contributed by atoms with Gasteiger partial charge in [0.1, 0.15) is 17.3 Å². The second-order valence-corrected chi connectivity index (χ2v) is 9.77. The van der Waals surface area contributed by atoms with Crippen molar-refractivity contribution >= 4 is 23.1 Å². The molecule has 210 valence electrons. The standard InChI is InChI=1S/C32H35NO7/c1-8-40-22-12-10-21(11-13-22)33-29(20-9-14-25(37-5)27(16-20)39-7)28(31(35)32(33)36)30(34)24-17-23(18(2)3)26(38-6)15-19(24)4/h9-18,29,34H,8H2,1-7H3/b30-28+. The molecule has 0 bridgehead atoms. The second-order valence-electron chi connectivity index (χ2n) is 9.77. The van der Waals surface area contributed by atoms with E-state index in [0.29, 0.717) is 52.0 Å². The summed E-state index contributed by atoms with van der Waals surface area (Å²) >= 11 is 0. The summed E-state index contributed by atoms with van der Waals surface area (Å²) in [5.74, 6) is 0.560. The molecule has 4 rings (SSSR count). The summed E-state index contributed by atoms with van der Waals surface area (Å²) < 4.78 is 22.0. The van der Waals surface area contributed by atoms with Gasteiger partial charge in [0.15, 0.2) is 11.5 Å². The average molecular weight is 546 g/mol. The number of hydrogen-bond donors (Lipinski definition) is 1. The Hall–Kier alpha value is -4.46. The Bertz CT molecular complexity index is 1460. The molecule has 3 aromatic carbocycles. The SMILES string of the molecule is CCOc1ccc(N2C(=O)C(=O)/C(=C(/O)c3cc(C(C)C)c(OC)cc3C)C2c2ccc(OC)c(OC)c2)cc1. The van der Waals surface area contributed by atoms with Crippen molar-refractivity contribution in [3.63, 3.8) is 0 Å². The Morgan fingerprint density at radius 2 is 1.55 bits per heavy atom. The van der Waals surface area contributed by atoms with Gasteiger partial charge in [0.25, 0.3) is 11.7 Å². The van der Waals surface area contributed by atoms with Crippen molar-refractivity contribution in [2.45, 2.75) is 39.7 Å². The molecule has 0 saturated carbocycles. The summed E-state index contributed by atoms with van der Waals surface area (Å²) in [6.07, 6.45) is 0. The molecule has 0 aromatic heterocycles. The first-order valence-corrected chi connectivity index (χ1v) is 13.1. The number of ketones is 1. The van der Waals surface area contributed by atoms with Crippen LogP contribution in [0.2, 0.25) is 0 Å². The number of nitrogens with zero attached hydrogens (tertiary/aromatic N) is 1. The van der Waals surface area contributed by atoms with E-state index in [0.717, 1.165) is 5.56 Å². The van der Waals surface area contributed by atoms with Crippen LogP contribution in [0.1, 0.15) is 55.0 Å². The molecule has 3 aromatic rings. The van der Waals surface area contributed by atoms with E-state index >= 15 is 0 Å². The van der Waals surface area contributed by atoms with Gasteiger partial charge in [-0.1, -0.05) is 19.9 Å². The zero-order valence-electron chi connectivity index (χ0n) is 23.9. The highest BCUT2D eigenvalue weighted by atomic mass is 16.5. The Morgan fingerprint density at radius 3 is 2.12 bits per heavy atom. The van der Waals surface area contributed by atoms with E-state index in [-0.39, 0.29) is 17.3 Å². The van der Waals surface area contributed by atoms with Crippen molar-refractivity contribution in [1.82, 2.24) is 0 Å². The van der Waals surface area contributed by atoms with Gasteiger partial charge in [0, 0.05) is 11.3 Å². The number of anilines is 1. The monoisotopic (exact) mass is 545 g/mol. The van der Waals surface area contributed by atoms with Crippen LogP contribution in [0.3, 0.4) is 0 Å². The molecule has 1 saturated heterocycles. The lowest BCUT2D eigenvalue weighted by molar-refractivity contribution is -0.132. The first-order chi connectivity index (χ1) is 19.2. The fraction of sp³-hybridized carbons (Fsp3) is 0.312. The minimum absolute atomic E-state index is 0.0194. The Labute approximate surface area is 234 Å². The molecule has 1 heterocycles. The molecule has 0 spiro atoms. The van der Waals surface area contributed by atoms with Gasteiger partial charge >= 0.3 is 0 Å². The van der Waals surface area contributed by atoms with Crippen molar-refractivity contribution in [2.24, 2.45) is 0 Å². The van der Waals surface area contributed by atoms with Gasteiger partial charge in [0.05, 0.1) is 39.6 Å². The third-order valence-electron chi connectivity index (χ3n) is 7.05. The smallest absolute Gasteiger partial charge is 0.300 e. The van der Waals surface area contributed by atoms with Gasteiger partial charge in [-0.05, 0) is 85.0 Å². The summed E-state index contributed by atoms with van der Waals surface area (Å²) in [4.78, 5) is 28.7. The summed E-state index contributed by atoms with van der Waals surface area (Å²) in [7, 11) is 4.64. The number of methoxy groups -OCH3 is 3. The number of carbonyl (C=O) groups excluding carboxylic acids is 2. The minimum Gasteiger partial charge on any atom is -0.507 e. The van der Waals surface area contributed by atoms with E-state index in [2.05, 4.69) is 0 Å². The molecule has 1 fully saturated rings. The number of carbonyl (C=O) groups is 2. The topological polar surface area (TPSA) is 94.5 Å². The Morgan fingerprint density at radius 1 is 0.900 bits per heavy atom. The number of rotatable bonds is 9. The van der Waals surface area contributed by atoms with Crippen molar-refractivity contribution < 1.29 is 33.6 Å². The summed E-state index contributed by atoms with van der Waals surface area (Å²) in [6.45, 7) is 8.25. The molecule has 1 unspecified atom stereocenters. The fourth-order valence-electron chi connectivity index (χ4n) is 5.03. The first kappa shape index (κ1) is 28.5. The predicted octanol–water partition coefficient (Wildman–Crippen LogP) is 6.17. The van der Waals surface area contributed by atoms with E-state index < -0.39 is 17.7 Å². The van der Waals surface area contributed by atoms with Crippen molar-refractivity contribution in [3.8, 4) is 23.0 Å². The van der Waals surface area contributed by atoms with Crippen LogP contribution in [0.5, 0.6) is 23.0 Å². The molecule has 1 aliphatic rings. The van der Waals surface area contributed by atoms with Crippen LogP contribution in [-0.2, 0) is 9.59 Å². The van der Waals surface area contributed by atoms with Crippen molar-refractivity contribution in [2.75, 3.05) is 32.8 Å². The third-order valence-corrected chi connectivity index (χ3v) is 7.05. The molecule has 0 radical (unpaired) electrons. The quantitative estimate of drug-likeness (QED) is 0.195. The van der Waals surface area contributed by atoms with E-state index in [9.17, 15) is 14.7 Å². The molecule has 40 heavy (non-hydrogen) atoms. The second kappa shape index (κ2) is 11.7. The number of aliphatic hydroxyl groups is 1. The van der Waals surface area contributed by atoms with E-state index in [1.54, 1.807) is 49.6 Å². The van der Waals surface area contributed by atoms with Crippen LogP contribution in [0.25, 0.3) is 5.76 Å². The Kier molecular flexibility index (Phi) is 8.38. The summed E-state index contributed by atoms with van der Waals surface area (Å²) in [5.41, 5.74) is 3.07. The van der Waals surface area contributed by atoms with Gasteiger partial charge in [-0.25, -0.2) is 0 Å². The van der Waals surface area contributed by atoms with Crippen LogP contribution < -0.4 is 23.8 Å². The van der Waals surface area contributed by atoms with Gasteiger partial charge in [-0.15, -0.1) is 0 Å². The Balaban J connectivity index is 1.98. The lowest BCUT2D eigenvalue weighted by atomic mass is 9.91. The van der Waals surface area contributed by atoms with Gasteiger partial charge in [-0.3, -0.25) is 14.5 Å². The van der Waals surface area contributed by atoms with Gasteiger partial charge in [-0.2, -0.15) is 0 Å². The molecule has 8 heteroatoms. The number of benzene rings is 3. The van der Waals surface area contributed by atoms with Crippen LogP contribution in [-0.4, -0.2) is 44.7 Å². The van der Waals surface area contributed by atoms with Gasteiger partial charge in [0.2, 0.25) is 0 Å². The lowest BCUT2D eigenvalue weighted by Crippen LogP contribution is -2.29. The number of aryl methyl sites for hydroxylation is 1. The van der Waals surface area contributed by atoms with Crippen LogP contribution in [0, 0.1) is 6.92 Å². The maximum Gasteiger partial charge on any atom is 0.300 e. The maximum atomic E-state index is 13.7. The fourth-order valence-corrected chi connectivity index (χ4v) is 5.03. The summed E-state index contributed by atoms with van der Waals surface area (Å²) in [6, 6.07) is 14.8. The largest absolute Gasteiger partial charge is 0.507 e. The molecule has 8 nitrogen and oxygen atoms in total. The highest BCUT2D eigenvalue weighted by Crippen LogP contribution is 2.45. The van der Waals surface area contributed by atoms with Crippen LogP contribution >= 0.6 is 0 Å². The maximum absolute atomic E-state index is 13.7. The highest BCUT2D eigenvalue weighted by molar-refractivity contribution is 6.51. The molecule has 1 N–H and O–H groups in total. The van der Waals surface area contributed by atoms with Crippen molar-refractivity contribution in [1.29, 1.82) is 0 Å². The minimum atomic E-state index is -0.929. The van der Waals surface area contributed by atoms with Crippen molar-refractivity contribution in [3.05, 3.63) is 82.4 Å². The number of aliphatic hydroxyl groups excluding tert-OH is 1. The average Bonchev–Trinajstić information content (AvgIpc) is 3.22. The molecule has 0 aliphatic carbocycles. The molecular formula is C32H35NO7. The summed E-state index contributed by atoms with van der Waals surface area (Å²) in [5, 5.41) is 11.8. The molecule has 1 amide bonds. The number of amides is 1. The zero-order chi connectivity index (χ0) is 29.1. The van der Waals surface area contributed by atoms with Crippen LogP contribution in [0.4, 0.5) is 5.69 Å². The third kappa shape index (κ3) is 5.09. The molecule has 1 atom stereocenters.